The molecule has 0 aliphatic carbocycles. The summed E-state index contributed by atoms with van der Waals surface area (Å²) in [6, 6.07) is 2.96. The van der Waals surface area contributed by atoms with Crippen molar-refractivity contribution >= 4 is 5.91 Å². The number of rotatable bonds is 2. The number of carbonyl (C=O) groups is 1. The second-order valence-electron chi connectivity index (χ2n) is 3.71. The molecule has 0 aromatic carbocycles. The van der Waals surface area contributed by atoms with Gasteiger partial charge < -0.3 is 15.0 Å². The minimum Gasteiger partial charge on any atom is -0.394 e. The first-order valence-electron chi connectivity index (χ1n) is 4.91. The fourth-order valence-corrected chi connectivity index (χ4v) is 1.90. The standard InChI is InChI=1S/C10H13FN2O2/c11-7-4-8(6-14)13(5-7)10(15)9-2-1-3-12-9/h1-3,7-8,12,14H,4-6H2/t7-,8-/m0/s1. The number of hydrogen-bond donors (Lipinski definition) is 2. The number of aromatic amines is 1. The molecule has 1 saturated heterocycles. The fourth-order valence-electron chi connectivity index (χ4n) is 1.90. The lowest BCUT2D eigenvalue weighted by atomic mass is 10.2. The van der Waals surface area contributed by atoms with Gasteiger partial charge in [0.05, 0.1) is 19.2 Å². The third-order valence-corrected chi connectivity index (χ3v) is 2.66. The molecule has 4 nitrogen and oxygen atoms in total. The molecule has 82 valence electrons. The van der Waals surface area contributed by atoms with Gasteiger partial charge in [-0.05, 0) is 12.1 Å². The van der Waals surface area contributed by atoms with Crippen LogP contribution in [0, 0.1) is 0 Å². The van der Waals surface area contributed by atoms with Crippen LogP contribution in [0.2, 0.25) is 0 Å². The summed E-state index contributed by atoms with van der Waals surface area (Å²) in [7, 11) is 0. The monoisotopic (exact) mass is 212 g/mol. The van der Waals surface area contributed by atoms with E-state index in [4.69, 9.17) is 5.11 Å². The number of aliphatic hydroxyl groups excluding tert-OH is 1. The summed E-state index contributed by atoms with van der Waals surface area (Å²) in [4.78, 5) is 16.0. The first-order chi connectivity index (χ1) is 7.22. The molecule has 0 bridgehead atoms. The van der Waals surface area contributed by atoms with Crippen molar-refractivity contribution in [3.05, 3.63) is 24.0 Å². The van der Waals surface area contributed by atoms with Gasteiger partial charge in [0, 0.05) is 12.6 Å². The summed E-state index contributed by atoms with van der Waals surface area (Å²) in [6.07, 6.45) is 0.841. The maximum absolute atomic E-state index is 13.1. The van der Waals surface area contributed by atoms with E-state index in [1.165, 1.54) is 4.90 Å². The van der Waals surface area contributed by atoms with Crippen molar-refractivity contribution in [2.45, 2.75) is 18.6 Å². The quantitative estimate of drug-likeness (QED) is 0.752. The fraction of sp³-hybridized carbons (Fsp3) is 0.500. The number of alkyl halides is 1. The number of aliphatic hydroxyl groups is 1. The van der Waals surface area contributed by atoms with Gasteiger partial charge in [-0.1, -0.05) is 0 Å². The molecule has 2 N–H and O–H groups in total. The summed E-state index contributed by atoms with van der Waals surface area (Å²) in [5.41, 5.74) is 0.433. The lowest BCUT2D eigenvalue weighted by Crippen LogP contribution is -2.38. The predicted molar refractivity (Wildman–Crippen MR) is 52.2 cm³/mol. The van der Waals surface area contributed by atoms with Gasteiger partial charge in [-0.3, -0.25) is 4.79 Å². The van der Waals surface area contributed by atoms with Crippen molar-refractivity contribution in [2.24, 2.45) is 0 Å². The molecule has 5 heteroatoms. The molecule has 0 saturated carbocycles. The average molecular weight is 212 g/mol. The zero-order chi connectivity index (χ0) is 10.8. The Balaban J connectivity index is 2.13. The van der Waals surface area contributed by atoms with E-state index in [1.54, 1.807) is 18.3 Å². The van der Waals surface area contributed by atoms with Gasteiger partial charge in [0.1, 0.15) is 11.9 Å². The third kappa shape index (κ3) is 1.87. The number of nitrogens with one attached hydrogen (secondary N) is 1. The topological polar surface area (TPSA) is 56.3 Å². The Morgan fingerprint density at radius 1 is 1.73 bits per heavy atom. The molecule has 1 aliphatic heterocycles. The van der Waals surface area contributed by atoms with E-state index in [9.17, 15) is 9.18 Å². The Labute approximate surface area is 86.7 Å². The minimum atomic E-state index is -1.03. The molecule has 1 fully saturated rings. The molecule has 0 radical (unpaired) electrons. The smallest absolute Gasteiger partial charge is 0.270 e. The average Bonchev–Trinajstić information content (AvgIpc) is 2.84. The summed E-state index contributed by atoms with van der Waals surface area (Å²) in [6.45, 7) is -0.115. The van der Waals surface area contributed by atoms with E-state index in [1.807, 2.05) is 0 Å². The highest BCUT2D eigenvalue weighted by Gasteiger charge is 2.35. The summed E-state index contributed by atoms with van der Waals surface area (Å²) in [5.74, 6) is -0.251. The number of hydrogen-bond acceptors (Lipinski definition) is 2. The second kappa shape index (κ2) is 4.02. The van der Waals surface area contributed by atoms with Crippen molar-refractivity contribution in [3.63, 3.8) is 0 Å². The molecule has 0 unspecified atom stereocenters. The van der Waals surface area contributed by atoms with Crippen molar-refractivity contribution < 1.29 is 14.3 Å². The normalized spacial score (nSPS) is 25.9. The predicted octanol–water partition coefficient (Wildman–Crippen LogP) is 0.560. The molecule has 1 aliphatic rings. The maximum Gasteiger partial charge on any atom is 0.270 e. The van der Waals surface area contributed by atoms with Crippen LogP contribution in [0.4, 0.5) is 4.39 Å². The van der Waals surface area contributed by atoms with Crippen LogP contribution in [0.1, 0.15) is 16.9 Å². The van der Waals surface area contributed by atoms with Gasteiger partial charge >= 0.3 is 0 Å². The molecule has 1 aromatic rings. The van der Waals surface area contributed by atoms with E-state index in [2.05, 4.69) is 4.98 Å². The van der Waals surface area contributed by atoms with Crippen molar-refractivity contribution in [1.82, 2.24) is 9.88 Å². The van der Waals surface area contributed by atoms with Crippen molar-refractivity contribution in [1.29, 1.82) is 0 Å². The number of nitrogens with zero attached hydrogens (tertiary/aromatic N) is 1. The number of H-pyrrole nitrogens is 1. The molecule has 1 aromatic heterocycles. The Hall–Kier alpha value is -1.36. The van der Waals surface area contributed by atoms with E-state index >= 15 is 0 Å². The molecule has 0 spiro atoms. The molecule has 2 rings (SSSR count). The first kappa shape index (κ1) is 10.2. The highest BCUT2D eigenvalue weighted by atomic mass is 19.1. The number of aromatic nitrogens is 1. The summed E-state index contributed by atoms with van der Waals surface area (Å²) in [5, 5.41) is 9.03. The molecular formula is C10H13FN2O2. The highest BCUT2D eigenvalue weighted by molar-refractivity contribution is 5.92. The molecule has 1 amide bonds. The summed E-state index contributed by atoms with van der Waals surface area (Å²) < 4.78 is 13.1. The lowest BCUT2D eigenvalue weighted by Gasteiger charge is -2.21. The molecule has 15 heavy (non-hydrogen) atoms. The van der Waals surface area contributed by atoms with Crippen LogP contribution < -0.4 is 0 Å². The Morgan fingerprint density at radius 2 is 2.53 bits per heavy atom. The van der Waals surface area contributed by atoms with Crippen LogP contribution in [0.25, 0.3) is 0 Å². The Kier molecular flexibility index (Phi) is 2.73. The van der Waals surface area contributed by atoms with Crippen molar-refractivity contribution in [2.75, 3.05) is 13.2 Å². The number of likely N-dealkylation sites (tertiary alicyclic amines) is 1. The van der Waals surface area contributed by atoms with E-state index in [0.717, 1.165) is 0 Å². The largest absolute Gasteiger partial charge is 0.394 e. The minimum absolute atomic E-state index is 0.0725. The number of halogens is 1. The van der Waals surface area contributed by atoms with Crippen LogP contribution in [-0.2, 0) is 0 Å². The van der Waals surface area contributed by atoms with Crippen molar-refractivity contribution in [3.8, 4) is 0 Å². The highest BCUT2D eigenvalue weighted by Crippen LogP contribution is 2.21. The SMILES string of the molecule is O=C(c1ccc[nH]1)N1C[C@@H](F)C[C@H]1CO. The molecular weight excluding hydrogens is 199 g/mol. The first-order valence-corrected chi connectivity index (χ1v) is 4.91. The van der Waals surface area contributed by atoms with E-state index in [0.29, 0.717) is 5.69 Å². The van der Waals surface area contributed by atoms with Gasteiger partial charge in [0.2, 0.25) is 0 Å². The van der Waals surface area contributed by atoms with Gasteiger partial charge in [-0.15, -0.1) is 0 Å². The van der Waals surface area contributed by atoms with Crippen LogP contribution in [-0.4, -0.2) is 46.3 Å². The van der Waals surface area contributed by atoms with Gasteiger partial charge in [0.25, 0.3) is 5.91 Å². The summed E-state index contributed by atoms with van der Waals surface area (Å²) >= 11 is 0. The van der Waals surface area contributed by atoms with Crippen LogP contribution in [0.5, 0.6) is 0 Å². The molecule has 2 atom stereocenters. The lowest BCUT2D eigenvalue weighted by molar-refractivity contribution is 0.0667. The van der Waals surface area contributed by atoms with Gasteiger partial charge in [-0.25, -0.2) is 4.39 Å². The second-order valence-corrected chi connectivity index (χ2v) is 3.71. The zero-order valence-corrected chi connectivity index (χ0v) is 8.19. The van der Waals surface area contributed by atoms with E-state index < -0.39 is 12.2 Å². The zero-order valence-electron chi connectivity index (χ0n) is 8.19. The maximum atomic E-state index is 13.1. The molecule has 2 heterocycles. The van der Waals surface area contributed by atoms with Gasteiger partial charge in [0.15, 0.2) is 0 Å². The van der Waals surface area contributed by atoms with Crippen LogP contribution in [0.3, 0.4) is 0 Å². The Morgan fingerprint density at radius 3 is 3.13 bits per heavy atom. The Bertz CT molecular complexity index is 339. The van der Waals surface area contributed by atoms with Crippen LogP contribution >= 0.6 is 0 Å². The number of amides is 1. The van der Waals surface area contributed by atoms with Gasteiger partial charge in [-0.2, -0.15) is 0 Å². The third-order valence-electron chi connectivity index (χ3n) is 2.66. The van der Waals surface area contributed by atoms with Crippen LogP contribution in [0.15, 0.2) is 18.3 Å². The van der Waals surface area contributed by atoms with E-state index in [-0.39, 0.29) is 25.5 Å². The number of carbonyl (C=O) groups excluding carboxylic acids is 1.